The van der Waals surface area contributed by atoms with Crippen LogP contribution in [0.15, 0.2) is 18.2 Å². The number of benzene rings is 2. The molecule has 0 aliphatic heterocycles. The van der Waals surface area contributed by atoms with Crippen LogP contribution in [0.2, 0.25) is 0 Å². The number of aromatic carboxylic acids is 1. The van der Waals surface area contributed by atoms with Crippen molar-refractivity contribution in [3.63, 3.8) is 0 Å². The molecule has 0 spiro atoms. The van der Waals surface area contributed by atoms with Gasteiger partial charge in [-0.3, -0.25) is 9.59 Å². The van der Waals surface area contributed by atoms with Crippen LogP contribution in [0.25, 0.3) is 0 Å². The molecule has 0 saturated heterocycles. The standard InChI is InChI=1S/C15H8O8/c16-5-1-2-6(17)9-8(5)13(20)10-7(18)3-4(15(22)23)12(19)11(10)14(9)21/h1-3,16-19H,(H,22,23). The van der Waals surface area contributed by atoms with Crippen LogP contribution in [0.4, 0.5) is 0 Å². The summed E-state index contributed by atoms with van der Waals surface area (Å²) in [5, 5.41) is 48.4. The highest BCUT2D eigenvalue weighted by atomic mass is 16.4. The molecular formula is C15H8O8. The van der Waals surface area contributed by atoms with Gasteiger partial charge in [0, 0.05) is 0 Å². The molecule has 2 aromatic rings. The van der Waals surface area contributed by atoms with E-state index < -0.39 is 68.4 Å². The fraction of sp³-hybridized carbons (Fsp3) is 0. The Labute approximate surface area is 127 Å². The normalized spacial score (nSPS) is 12.7. The van der Waals surface area contributed by atoms with Crippen molar-refractivity contribution in [2.24, 2.45) is 0 Å². The minimum Gasteiger partial charge on any atom is -0.507 e. The number of carbonyl (C=O) groups excluding carboxylic acids is 2. The Morgan fingerprint density at radius 3 is 1.65 bits per heavy atom. The molecule has 116 valence electrons. The molecule has 8 nitrogen and oxygen atoms in total. The smallest absolute Gasteiger partial charge is 0.339 e. The lowest BCUT2D eigenvalue weighted by Crippen LogP contribution is -2.22. The molecule has 8 heteroatoms. The second-order valence-corrected chi connectivity index (χ2v) is 4.86. The van der Waals surface area contributed by atoms with Crippen molar-refractivity contribution in [2.45, 2.75) is 0 Å². The van der Waals surface area contributed by atoms with E-state index in [1.54, 1.807) is 0 Å². The number of carboxylic acids is 1. The lowest BCUT2D eigenvalue weighted by atomic mass is 9.81. The third-order valence-corrected chi connectivity index (χ3v) is 3.58. The van der Waals surface area contributed by atoms with Crippen LogP contribution in [0.1, 0.15) is 42.2 Å². The van der Waals surface area contributed by atoms with E-state index >= 15 is 0 Å². The van der Waals surface area contributed by atoms with E-state index in [9.17, 15) is 34.8 Å². The molecule has 1 aliphatic carbocycles. The minimum absolute atomic E-state index is 0.528. The summed E-state index contributed by atoms with van der Waals surface area (Å²) in [5.41, 5.74) is -3.24. The van der Waals surface area contributed by atoms with Crippen molar-refractivity contribution in [3.05, 3.63) is 46.0 Å². The fourth-order valence-electron chi connectivity index (χ4n) is 2.56. The van der Waals surface area contributed by atoms with Crippen molar-refractivity contribution in [1.82, 2.24) is 0 Å². The van der Waals surface area contributed by atoms with Crippen LogP contribution in [0, 0.1) is 0 Å². The van der Waals surface area contributed by atoms with Gasteiger partial charge in [-0.25, -0.2) is 4.79 Å². The zero-order valence-electron chi connectivity index (χ0n) is 11.2. The highest BCUT2D eigenvalue weighted by molar-refractivity contribution is 6.32. The topological polar surface area (TPSA) is 152 Å². The summed E-state index contributed by atoms with van der Waals surface area (Å²) in [5.74, 6) is -6.78. The highest BCUT2D eigenvalue weighted by Gasteiger charge is 2.39. The predicted octanol–water partition coefficient (Wildman–Crippen LogP) is 0.983. The third kappa shape index (κ3) is 1.75. The minimum atomic E-state index is -1.62. The third-order valence-electron chi connectivity index (χ3n) is 3.58. The Kier molecular flexibility index (Phi) is 2.80. The first-order valence-corrected chi connectivity index (χ1v) is 6.22. The second kappa shape index (κ2) is 4.47. The number of phenols is 4. The average Bonchev–Trinajstić information content (AvgIpc) is 2.48. The lowest BCUT2D eigenvalue weighted by molar-refractivity contribution is 0.0692. The number of carbonyl (C=O) groups is 3. The Hall–Kier alpha value is -3.55. The Balaban J connectivity index is 2.46. The van der Waals surface area contributed by atoms with Gasteiger partial charge >= 0.3 is 5.97 Å². The molecule has 0 unspecified atom stereocenters. The van der Waals surface area contributed by atoms with Gasteiger partial charge in [0.2, 0.25) is 11.6 Å². The number of phenolic OH excluding ortho intramolecular Hbond substituents is 3. The molecular weight excluding hydrogens is 308 g/mol. The highest BCUT2D eigenvalue weighted by Crippen LogP contribution is 2.44. The summed E-state index contributed by atoms with van der Waals surface area (Å²) >= 11 is 0. The molecule has 2 aromatic carbocycles. The summed E-state index contributed by atoms with van der Waals surface area (Å²) < 4.78 is 0. The van der Waals surface area contributed by atoms with E-state index in [-0.39, 0.29) is 0 Å². The maximum Gasteiger partial charge on any atom is 0.339 e. The van der Waals surface area contributed by atoms with Gasteiger partial charge < -0.3 is 25.5 Å². The van der Waals surface area contributed by atoms with Gasteiger partial charge in [-0.2, -0.15) is 0 Å². The van der Waals surface area contributed by atoms with Crippen molar-refractivity contribution in [2.75, 3.05) is 0 Å². The molecule has 0 bridgehead atoms. The molecule has 5 N–H and O–H groups in total. The van der Waals surface area contributed by atoms with E-state index in [1.807, 2.05) is 0 Å². The van der Waals surface area contributed by atoms with Crippen molar-refractivity contribution in [3.8, 4) is 23.0 Å². The van der Waals surface area contributed by atoms with Gasteiger partial charge in [-0.05, 0) is 18.2 Å². The molecule has 0 heterocycles. The molecule has 0 amide bonds. The number of rotatable bonds is 1. The van der Waals surface area contributed by atoms with Crippen molar-refractivity contribution >= 4 is 17.5 Å². The molecule has 0 atom stereocenters. The molecule has 1 aliphatic rings. The number of aromatic hydroxyl groups is 4. The number of ketones is 2. The van der Waals surface area contributed by atoms with Crippen molar-refractivity contribution in [1.29, 1.82) is 0 Å². The molecule has 0 saturated carbocycles. The SMILES string of the molecule is O=C(O)c1cc(O)c2c(c1O)C(=O)c1c(O)ccc(O)c1C2=O. The molecule has 0 radical (unpaired) electrons. The van der Waals surface area contributed by atoms with E-state index in [4.69, 9.17) is 5.11 Å². The Morgan fingerprint density at radius 1 is 0.739 bits per heavy atom. The summed E-state index contributed by atoms with van der Waals surface area (Å²) in [4.78, 5) is 36.0. The van der Waals surface area contributed by atoms with Gasteiger partial charge in [0.1, 0.15) is 28.6 Å². The first kappa shape index (κ1) is 14.4. The van der Waals surface area contributed by atoms with Gasteiger partial charge in [-0.15, -0.1) is 0 Å². The maximum absolute atomic E-state index is 12.5. The molecule has 23 heavy (non-hydrogen) atoms. The number of hydrogen-bond acceptors (Lipinski definition) is 7. The molecule has 0 fully saturated rings. The molecule has 0 aromatic heterocycles. The van der Waals surface area contributed by atoms with Gasteiger partial charge in [0.25, 0.3) is 0 Å². The van der Waals surface area contributed by atoms with E-state index in [2.05, 4.69) is 0 Å². The zero-order valence-corrected chi connectivity index (χ0v) is 11.2. The molecule has 3 rings (SSSR count). The summed E-state index contributed by atoms with van der Waals surface area (Å²) in [6.07, 6.45) is 0. The Morgan fingerprint density at radius 2 is 1.17 bits per heavy atom. The first-order chi connectivity index (χ1) is 10.8. The van der Waals surface area contributed by atoms with Crippen LogP contribution >= 0.6 is 0 Å². The quantitative estimate of drug-likeness (QED) is 0.416. The average molecular weight is 316 g/mol. The van der Waals surface area contributed by atoms with Crippen LogP contribution in [0.5, 0.6) is 23.0 Å². The first-order valence-electron chi connectivity index (χ1n) is 6.22. The lowest BCUT2D eigenvalue weighted by Gasteiger charge is -2.21. The van der Waals surface area contributed by atoms with Crippen LogP contribution < -0.4 is 0 Å². The maximum atomic E-state index is 12.5. The predicted molar refractivity (Wildman–Crippen MR) is 73.4 cm³/mol. The second-order valence-electron chi connectivity index (χ2n) is 4.86. The van der Waals surface area contributed by atoms with Gasteiger partial charge in [-0.1, -0.05) is 0 Å². The van der Waals surface area contributed by atoms with Crippen LogP contribution in [0.3, 0.4) is 0 Å². The van der Waals surface area contributed by atoms with Crippen LogP contribution in [-0.2, 0) is 0 Å². The van der Waals surface area contributed by atoms with Crippen molar-refractivity contribution < 1.29 is 39.9 Å². The monoisotopic (exact) mass is 316 g/mol. The Bertz CT molecular complexity index is 926. The van der Waals surface area contributed by atoms with E-state index in [1.165, 1.54) is 0 Å². The van der Waals surface area contributed by atoms with Gasteiger partial charge in [0.05, 0.1) is 22.3 Å². The van der Waals surface area contributed by atoms with Gasteiger partial charge in [0.15, 0.2) is 0 Å². The largest absolute Gasteiger partial charge is 0.507 e. The summed E-state index contributed by atoms with van der Waals surface area (Å²) in [7, 11) is 0. The summed E-state index contributed by atoms with van der Waals surface area (Å²) in [6, 6.07) is 2.60. The van der Waals surface area contributed by atoms with E-state index in [0.29, 0.717) is 6.07 Å². The zero-order chi connectivity index (χ0) is 17.0. The van der Waals surface area contributed by atoms with E-state index in [0.717, 1.165) is 12.1 Å². The number of hydrogen-bond donors (Lipinski definition) is 5. The number of carboxylic acid groups (broad SMARTS) is 1. The number of fused-ring (bicyclic) bond motifs is 2. The summed E-state index contributed by atoms with van der Waals surface area (Å²) in [6.45, 7) is 0. The fourth-order valence-corrected chi connectivity index (χ4v) is 2.56. The van der Waals surface area contributed by atoms with Crippen LogP contribution in [-0.4, -0.2) is 43.1 Å².